The van der Waals surface area contributed by atoms with E-state index in [1.807, 2.05) is 13.1 Å². The van der Waals surface area contributed by atoms with E-state index in [1.165, 1.54) is 49.9 Å². The lowest BCUT2D eigenvalue weighted by Crippen LogP contribution is -2.52. The van der Waals surface area contributed by atoms with E-state index < -0.39 is 0 Å². The number of anilines is 1. The zero-order chi connectivity index (χ0) is 21.3. The summed E-state index contributed by atoms with van der Waals surface area (Å²) in [5.74, 6) is 1.78. The van der Waals surface area contributed by atoms with Gasteiger partial charge in [0.15, 0.2) is 5.96 Å². The van der Waals surface area contributed by atoms with E-state index in [2.05, 4.69) is 59.2 Å². The Bertz CT molecular complexity index is 823. The summed E-state index contributed by atoms with van der Waals surface area (Å²) in [6.07, 6.45) is 9.01. The molecule has 0 aliphatic carbocycles. The third-order valence-corrected chi connectivity index (χ3v) is 6.27. The fraction of sp³-hybridized carbons (Fsp3) is 0.542. The van der Waals surface area contributed by atoms with Crippen LogP contribution in [0.5, 0.6) is 0 Å². The van der Waals surface area contributed by atoms with Gasteiger partial charge in [-0.1, -0.05) is 37.1 Å². The molecule has 7 heteroatoms. The van der Waals surface area contributed by atoms with Gasteiger partial charge in [-0.15, -0.1) is 0 Å². The van der Waals surface area contributed by atoms with Gasteiger partial charge in [0.1, 0.15) is 0 Å². The molecule has 1 N–H and O–H groups in total. The minimum atomic E-state index is 0.804. The number of nitrogens with one attached hydrogen (secondary N) is 1. The van der Waals surface area contributed by atoms with Crippen molar-refractivity contribution in [1.82, 2.24) is 25.1 Å². The van der Waals surface area contributed by atoms with Crippen LogP contribution in [-0.4, -0.2) is 72.0 Å². The molecule has 1 aromatic heterocycles. The highest BCUT2D eigenvalue weighted by Crippen LogP contribution is 2.16. The third-order valence-electron chi connectivity index (χ3n) is 6.27. The first-order valence-electron chi connectivity index (χ1n) is 11.6. The average Bonchev–Trinajstić information content (AvgIpc) is 3.10. The quantitative estimate of drug-likeness (QED) is 0.592. The van der Waals surface area contributed by atoms with Crippen LogP contribution in [-0.2, 0) is 13.1 Å². The predicted molar refractivity (Wildman–Crippen MR) is 126 cm³/mol. The number of aliphatic imine (C=N–C) groups is 1. The summed E-state index contributed by atoms with van der Waals surface area (Å²) in [5, 5.41) is 3.61. The molecular formula is C24H35N7. The lowest BCUT2D eigenvalue weighted by Gasteiger charge is -2.36. The number of benzene rings is 1. The molecule has 7 nitrogen and oxygen atoms in total. The van der Waals surface area contributed by atoms with Crippen LogP contribution in [0.4, 0.5) is 5.95 Å². The van der Waals surface area contributed by atoms with E-state index in [-0.39, 0.29) is 0 Å². The highest BCUT2D eigenvalue weighted by Gasteiger charge is 2.21. The van der Waals surface area contributed by atoms with Crippen molar-refractivity contribution in [3.63, 3.8) is 0 Å². The van der Waals surface area contributed by atoms with E-state index in [4.69, 9.17) is 0 Å². The van der Waals surface area contributed by atoms with Crippen LogP contribution < -0.4 is 10.2 Å². The molecule has 1 aromatic carbocycles. The van der Waals surface area contributed by atoms with Gasteiger partial charge in [-0.25, -0.2) is 9.97 Å². The highest BCUT2D eigenvalue weighted by molar-refractivity contribution is 5.80. The van der Waals surface area contributed by atoms with Crippen LogP contribution in [0.1, 0.15) is 36.8 Å². The first-order chi connectivity index (χ1) is 15.3. The Morgan fingerprint density at radius 2 is 1.55 bits per heavy atom. The second kappa shape index (κ2) is 11.1. The van der Waals surface area contributed by atoms with E-state index in [0.29, 0.717) is 0 Å². The minimum Gasteiger partial charge on any atom is -0.352 e. The van der Waals surface area contributed by atoms with E-state index in [0.717, 1.165) is 51.2 Å². The Hall–Kier alpha value is -2.67. The van der Waals surface area contributed by atoms with Gasteiger partial charge in [-0.3, -0.25) is 9.89 Å². The average molecular weight is 422 g/mol. The van der Waals surface area contributed by atoms with Crippen molar-refractivity contribution in [3.05, 3.63) is 53.9 Å². The van der Waals surface area contributed by atoms with E-state index in [9.17, 15) is 0 Å². The van der Waals surface area contributed by atoms with Gasteiger partial charge in [0.25, 0.3) is 0 Å². The zero-order valence-corrected chi connectivity index (χ0v) is 18.7. The fourth-order valence-electron chi connectivity index (χ4n) is 4.50. The monoisotopic (exact) mass is 421 g/mol. The van der Waals surface area contributed by atoms with Crippen LogP contribution in [0.2, 0.25) is 0 Å². The summed E-state index contributed by atoms with van der Waals surface area (Å²) in [6, 6.07) is 10.7. The number of hydrogen-bond donors (Lipinski definition) is 1. The lowest BCUT2D eigenvalue weighted by molar-refractivity contribution is 0.276. The second-order valence-corrected chi connectivity index (χ2v) is 8.38. The first-order valence-corrected chi connectivity index (χ1v) is 11.6. The van der Waals surface area contributed by atoms with Gasteiger partial charge in [-0.2, -0.15) is 0 Å². The van der Waals surface area contributed by atoms with E-state index in [1.54, 1.807) is 12.4 Å². The molecule has 3 heterocycles. The minimum absolute atomic E-state index is 0.804. The summed E-state index contributed by atoms with van der Waals surface area (Å²) in [7, 11) is 1.87. The number of hydrogen-bond acceptors (Lipinski definition) is 5. The molecule has 2 aliphatic heterocycles. The summed E-state index contributed by atoms with van der Waals surface area (Å²) in [5.41, 5.74) is 2.79. The van der Waals surface area contributed by atoms with E-state index >= 15 is 0 Å². The molecular weight excluding hydrogens is 386 g/mol. The predicted octanol–water partition coefficient (Wildman–Crippen LogP) is 2.75. The number of nitrogens with zero attached hydrogens (tertiary/aromatic N) is 6. The molecule has 2 fully saturated rings. The zero-order valence-electron chi connectivity index (χ0n) is 18.7. The number of piperazine rings is 1. The van der Waals surface area contributed by atoms with Crippen molar-refractivity contribution in [2.45, 2.75) is 38.8 Å². The maximum absolute atomic E-state index is 4.55. The SMILES string of the molecule is CN=C(NCc1ccccc1CN1CCCCCC1)N1CCN(c2ncccn2)CC1. The van der Waals surface area contributed by atoms with Crippen molar-refractivity contribution in [1.29, 1.82) is 0 Å². The van der Waals surface area contributed by atoms with Crippen molar-refractivity contribution in [2.24, 2.45) is 4.99 Å². The lowest BCUT2D eigenvalue weighted by atomic mass is 10.1. The molecule has 0 saturated carbocycles. The maximum Gasteiger partial charge on any atom is 0.225 e. The van der Waals surface area contributed by atoms with Gasteiger partial charge < -0.3 is 15.1 Å². The van der Waals surface area contributed by atoms with Crippen molar-refractivity contribution < 1.29 is 0 Å². The highest BCUT2D eigenvalue weighted by atomic mass is 15.4. The Balaban J connectivity index is 1.32. The molecule has 2 saturated heterocycles. The molecule has 0 spiro atoms. The number of rotatable bonds is 5. The second-order valence-electron chi connectivity index (χ2n) is 8.38. The number of likely N-dealkylation sites (tertiary alicyclic amines) is 1. The van der Waals surface area contributed by atoms with Crippen molar-refractivity contribution >= 4 is 11.9 Å². The van der Waals surface area contributed by atoms with Gasteiger partial charge in [0.2, 0.25) is 5.95 Å². The largest absolute Gasteiger partial charge is 0.352 e. The van der Waals surface area contributed by atoms with Crippen molar-refractivity contribution in [3.8, 4) is 0 Å². The van der Waals surface area contributed by atoms with Gasteiger partial charge >= 0.3 is 0 Å². The van der Waals surface area contributed by atoms with Crippen LogP contribution in [0.3, 0.4) is 0 Å². The molecule has 0 amide bonds. The molecule has 2 aliphatic rings. The smallest absolute Gasteiger partial charge is 0.225 e. The molecule has 4 rings (SSSR count). The molecule has 0 unspecified atom stereocenters. The Morgan fingerprint density at radius 1 is 0.871 bits per heavy atom. The number of guanidine groups is 1. The molecule has 0 bridgehead atoms. The first kappa shape index (κ1) is 21.6. The summed E-state index contributed by atoms with van der Waals surface area (Å²) >= 11 is 0. The fourth-order valence-corrected chi connectivity index (χ4v) is 4.50. The molecule has 2 aromatic rings. The van der Waals surface area contributed by atoms with Crippen LogP contribution in [0, 0.1) is 0 Å². The van der Waals surface area contributed by atoms with Gasteiger partial charge in [-0.05, 0) is 43.1 Å². The Morgan fingerprint density at radius 3 is 2.23 bits per heavy atom. The van der Waals surface area contributed by atoms with Gasteiger partial charge in [0.05, 0.1) is 0 Å². The summed E-state index contributed by atoms with van der Waals surface area (Å²) < 4.78 is 0. The van der Waals surface area contributed by atoms with Crippen molar-refractivity contribution in [2.75, 3.05) is 51.2 Å². The maximum atomic E-state index is 4.55. The topological polar surface area (TPSA) is 59.9 Å². The molecule has 31 heavy (non-hydrogen) atoms. The third kappa shape index (κ3) is 5.94. The van der Waals surface area contributed by atoms with Crippen LogP contribution >= 0.6 is 0 Å². The Kier molecular flexibility index (Phi) is 7.71. The molecule has 0 atom stereocenters. The summed E-state index contributed by atoms with van der Waals surface area (Å²) in [4.78, 5) is 20.5. The van der Waals surface area contributed by atoms with Crippen LogP contribution in [0.25, 0.3) is 0 Å². The van der Waals surface area contributed by atoms with Gasteiger partial charge in [0, 0.05) is 58.7 Å². The molecule has 166 valence electrons. The number of aromatic nitrogens is 2. The molecule has 0 radical (unpaired) electrons. The van der Waals surface area contributed by atoms with Crippen LogP contribution in [0.15, 0.2) is 47.7 Å². The Labute approximate surface area is 186 Å². The standard InChI is InChI=1S/C24H35N7/c1-25-23(30-15-17-31(18-16-30)24-26-11-8-12-27-24)28-19-21-9-4-5-10-22(21)20-29-13-6-2-3-7-14-29/h4-5,8-12H,2-3,6-7,13-20H2,1H3,(H,25,28). The summed E-state index contributed by atoms with van der Waals surface area (Å²) in [6.45, 7) is 7.91. The normalized spacial score (nSPS) is 18.7.